The summed E-state index contributed by atoms with van der Waals surface area (Å²) in [5.41, 5.74) is -1.02. The first-order valence-electron chi connectivity index (χ1n) is 16.2. The van der Waals surface area contributed by atoms with Crippen molar-refractivity contribution in [2.24, 2.45) is 17.8 Å². The molecule has 3 fully saturated rings. The maximum Gasteiger partial charge on any atom is 0.241 e. The lowest BCUT2D eigenvalue weighted by molar-refractivity contribution is -0.145. The van der Waals surface area contributed by atoms with Crippen molar-refractivity contribution >= 4 is 29.1 Å². The second-order valence-corrected chi connectivity index (χ2v) is 14.4. The van der Waals surface area contributed by atoms with Gasteiger partial charge in [0, 0.05) is 45.1 Å². The van der Waals surface area contributed by atoms with Gasteiger partial charge in [0.05, 0.1) is 35.2 Å². The SMILES string of the molecule is CN(C)C(=O)CN(CC1(O)CCCCC1)C(=O)CC(Cc1nccs1)C(=O)NC(CC1CCCCC1)C(O)CC1CC1. The Morgan fingerprint density at radius 1 is 1.00 bits per heavy atom. The fourth-order valence-corrected chi connectivity index (χ4v) is 7.37. The average Bonchev–Trinajstić information content (AvgIpc) is 3.63. The lowest BCUT2D eigenvalue weighted by atomic mass is 9.83. The van der Waals surface area contributed by atoms with E-state index in [1.54, 1.807) is 20.3 Å². The molecule has 9 nitrogen and oxygen atoms in total. The number of thiazole rings is 1. The molecular formula is C32H52N4O5S. The van der Waals surface area contributed by atoms with Crippen LogP contribution in [-0.2, 0) is 20.8 Å². The van der Waals surface area contributed by atoms with Crippen LogP contribution in [0.1, 0.15) is 101 Å². The van der Waals surface area contributed by atoms with Crippen molar-refractivity contribution in [2.75, 3.05) is 27.2 Å². The maximum atomic E-state index is 13.9. The molecule has 1 aromatic rings. The predicted octanol–water partition coefficient (Wildman–Crippen LogP) is 3.92. The number of carbonyl (C=O) groups excluding carboxylic acids is 3. The lowest BCUT2D eigenvalue weighted by Gasteiger charge is -2.37. The summed E-state index contributed by atoms with van der Waals surface area (Å²) < 4.78 is 0. The third-order valence-corrected chi connectivity index (χ3v) is 10.3. The number of aliphatic hydroxyl groups excluding tert-OH is 1. The van der Waals surface area contributed by atoms with Crippen molar-refractivity contribution in [2.45, 2.75) is 120 Å². The van der Waals surface area contributed by atoms with E-state index < -0.39 is 17.6 Å². The van der Waals surface area contributed by atoms with Crippen LogP contribution in [0, 0.1) is 17.8 Å². The molecule has 3 aliphatic rings. The molecule has 236 valence electrons. The summed E-state index contributed by atoms with van der Waals surface area (Å²) in [4.78, 5) is 47.8. The van der Waals surface area contributed by atoms with Gasteiger partial charge in [-0.2, -0.15) is 0 Å². The lowest BCUT2D eigenvalue weighted by Crippen LogP contribution is -2.51. The molecule has 1 aromatic heterocycles. The van der Waals surface area contributed by atoms with Gasteiger partial charge in [-0.25, -0.2) is 4.98 Å². The van der Waals surface area contributed by atoms with E-state index in [4.69, 9.17) is 0 Å². The Hall–Kier alpha value is -2.04. The third kappa shape index (κ3) is 10.3. The molecule has 10 heteroatoms. The van der Waals surface area contributed by atoms with Gasteiger partial charge >= 0.3 is 0 Å². The number of nitrogens with zero attached hydrogens (tertiary/aromatic N) is 3. The first-order chi connectivity index (χ1) is 20.1. The highest BCUT2D eigenvalue weighted by Gasteiger charge is 2.37. The Bertz CT molecular complexity index is 1000. The standard InChI is InChI=1S/C32H52N4O5S/c1-35(2)30(39)21-36(22-32(41)13-7-4-8-14-32)29(38)20-25(19-28-33-15-16-42-28)31(40)34-26(27(37)18-24-11-12-24)17-23-9-5-3-6-10-23/h15-16,23-27,37,41H,3-14,17-22H2,1-2H3,(H,34,40). The Balaban J connectivity index is 1.49. The topological polar surface area (TPSA) is 123 Å². The second kappa shape index (κ2) is 15.6. The van der Waals surface area contributed by atoms with E-state index in [0.717, 1.165) is 56.4 Å². The summed E-state index contributed by atoms with van der Waals surface area (Å²) in [6.45, 7) is -0.0500. The molecule has 0 radical (unpaired) electrons. The minimum atomic E-state index is -1.02. The van der Waals surface area contributed by atoms with Crippen molar-refractivity contribution in [3.05, 3.63) is 16.6 Å². The van der Waals surface area contributed by atoms with Crippen molar-refractivity contribution in [1.82, 2.24) is 20.1 Å². The monoisotopic (exact) mass is 604 g/mol. The van der Waals surface area contributed by atoms with Gasteiger partial charge in [0.2, 0.25) is 17.7 Å². The zero-order valence-electron chi connectivity index (χ0n) is 25.6. The molecule has 1 heterocycles. The molecule has 0 bridgehead atoms. The summed E-state index contributed by atoms with van der Waals surface area (Å²) in [6.07, 6.45) is 15.0. The fourth-order valence-electron chi connectivity index (χ4n) is 6.68. The van der Waals surface area contributed by atoms with Gasteiger partial charge in [0.15, 0.2) is 0 Å². The number of rotatable bonds is 15. The number of nitrogens with one attached hydrogen (secondary N) is 1. The van der Waals surface area contributed by atoms with Crippen LogP contribution < -0.4 is 5.32 Å². The first kappa shape index (κ1) is 32.9. The van der Waals surface area contributed by atoms with Crippen molar-refractivity contribution in [1.29, 1.82) is 0 Å². The zero-order valence-corrected chi connectivity index (χ0v) is 26.5. The Kier molecular flexibility index (Phi) is 12.2. The predicted molar refractivity (Wildman–Crippen MR) is 164 cm³/mol. The number of amides is 3. The highest BCUT2D eigenvalue weighted by atomic mass is 32.1. The molecule has 3 unspecified atom stereocenters. The number of hydrogen-bond donors (Lipinski definition) is 3. The number of aromatic nitrogens is 1. The molecule has 3 N–H and O–H groups in total. The summed E-state index contributed by atoms with van der Waals surface area (Å²) in [7, 11) is 3.30. The quantitative estimate of drug-likeness (QED) is 0.279. The summed E-state index contributed by atoms with van der Waals surface area (Å²) in [6, 6.07) is -0.343. The normalized spacial score (nSPS) is 21.2. The van der Waals surface area contributed by atoms with Gasteiger partial charge in [-0.1, -0.05) is 64.2 Å². The Morgan fingerprint density at radius 3 is 2.29 bits per heavy atom. The van der Waals surface area contributed by atoms with Crippen molar-refractivity contribution < 1.29 is 24.6 Å². The fraction of sp³-hybridized carbons (Fsp3) is 0.812. The van der Waals surface area contributed by atoms with Crippen LogP contribution >= 0.6 is 11.3 Å². The van der Waals surface area contributed by atoms with Gasteiger partial charge in [-0.3, -0.25) is 14.4 Å². The molecule has 0 aliphatic heterocycles. The smallest absolute Gasteiger partial charge is 0.241 e. The molecule has 0 aromatic carbocycles. The van der Waals surface area contributed by atoms with Crippen molar-refractivity contribution in [3.8, 4) is 0 Å². The molecule has 0 saturated heterocycles. The van der Waals surface area contributed by atoms with Crippen LogP contribution in [0.4, 0.5) is 0 Å². The van der Waals surface area contributed by atoms with Gasteiger partial charge in [0.1, 0.15) is 0 Å². The third-order valence-electron chi connectivity index (χ3n) is 9.52. The molecule has 42 heavy (non-hydrogen) atoms. The largest absolute Gasteiger partial charge is 0.391 e. The number of carbonyl (C=O) groups is 3. The minimum absolute atomic E-state index is 0.0847. The van der Waals surface area contributed by atoms with E-state index in [0.29, 0.717) is 37.5 Å². The number of aliphatic hydroxyl groups is 2. The van der Waals surface area contributed by atoms with Crippen LogP contribution in [0.15, 0.2) is 11.6 Å². The molecular weight excluding hydrogens is 552 g/mol. The van der Waals surface area contributed by atoms with E-state index in [-0.39, 0.29) is 43.3 Å². The molecule has 3 atom stereocenters. The van der Waals surface area contributed by atoms with Crippen LogP contribution in [-0.4, -0.2) is 87.7 Å². The highest BCUT2D eigenvalue weighted by Crippen LogP contribution is 2.36. The van der Waals surface area contributed by atoms with Crippen LogP contribution in [0.2, 0.25) is 0 Å². The first-order valence-corrected chi connectivity index (χ1v) is 17.1. The van der Waals surface area contributed by atoms with Crippen LogP contribution in [0.25, 0.3) is 0 Å². The van der Waals surface area contributed by atoms with Crippen LogP contribution in [0.3, 0.4) is 0 Å². The molecule has 0 spiro atoms. The van der Waals surface area contributed by atoms with Gasteiger partial charge in [-0.15, -0.1) is 11.3 Å². The summed E-state index contributed by atoms with van der Waals surface area (Å²) in [5.74, 6) is -0.455. The van der Waals surface area contributed by atoms with E-state index in [9.17, 15) is 24.6 Å². The van der Waals surface area contributed by atoms with Gasteiger partial charge in [0.25, 0.3) is 0 Å². The van der Waals surface area contributed by atoms with Crippen LogP contribution in [0.5, 0.6) is 0 Å². The summed E-state index contributed by atoms with van der Waals surface area (Å²) >= 11 is 1.45. The van der Waals surface area contributed by atoms with E-state index >= 15 is 0 Å². The molecule has 3 saturated carbocycles. The summed E-state index contributed by atoms with van der Waals surface area (Å²) in [5, 5.41) is 28.3. The Labute approximate surface area is 255 Å². The highest BCUT2D eigenvalue weighted by molar-refractivity contribution is 7.09. The van der Waals surface area contributed by atoms with E-state index in [2.05, 4.69) is 10.3 Å². The number of likely N-dealkylation sites (N-methyl/N-ethyl adjacent to an activating group) is 1. The Morgan fingerprint density at radius 2 is 1.67 bits per heavy atom. The van der Waals surface area contributed by atoms with Gasteiger partial charge < -0.3 is 25.3 Å². The van der Waals surface area contributed by atoms with E-state index in [1.165, 1.54) is 40.4 Å². The molecule has 3 aliphatic carbocycles. The molecule has 4 rings (SSSR count). The van der Waals surface area contributed by atoms with E-state index in [1.807, 2.05) is 5.38 Å². The minimum Gasteiger partial charge on any atom is -0.391 e. The second-order valence-electron chi connectivity index (χ2n) is 13.5. The van der Waals surface area contributed by atoms with Crippen molar-refractivity contribution in [3.63, 3.8) is 0 Å². The average molecular weight is 605 g/mol. The molecule has 3 amide bonds. The van der Waals surface area contributed by atoms with Gasteiger partial charge in [-0.05, 0) is 37.5 Å². The number of hydrogen-bond acceptors (Lipinski definition) is 7. The maximum absolute atomic E-state index is 13.9. The zero-order chi connectivity index (χ0) is 30.1.